The SMILES string of the molecule is CC(C)C(C=N)=CC(N)=NC1=CC=C2NC=C(C(C=NCCC3CCN(C(=O)OC(C)(C)C)CC3)=CN)C=C2N1. The second-order valence-corrected chi connectivity index (χ2v) is 11.4. The Morgan fingerprint density at radius 2 is 1.98 bits per heavy atom. The van der Waals surface area contributed by atoms with Crippen LogP contribution in [0.15, 0.2) is 80.6 Å². The van der Waals surface area contributed by atoms with Crippen molar-refractivity contribution in [1.82, 2.24) is 15.5 Å². The third-order valence-electron chi connectivity index (χ3n) is 6.72. The summed E-state index contributed by atoms with van der Waals surface area (Å²) in [7, 11) is 0. The maximum Gasteiger partial charge on any atom is 0.410 e. The molecule has 0 spiro atoms. The molecular formula is C30H44N8O2. The molecule has 7 N–H and O–H groups in total. The molecule has 0 radical (unpaired) electrons. The van der Waals surface area contributed by atoms with E-state index in [9.17, 15) is 4.79 Å². The number of allylic oxidation sites excluding steroid dienone is 6. The van der Waals surface area contributed by atoms with Crippen LogP contribution < -0.4 is 22.1 Å². The second kappa shape index (κ2) is 13.8. The molecule has 3 rings (SSSR count). The van der Waals surface area contributed by atoms with Gasteiger partial charge in [-0.25, -0.2) is 9.79 Å². The number of rotatable bonds is 9. The Morgan fingerprint density at radius 3 is 2.60 bits per heavy atom. The van der Waals surface area contributed by atoms with Crippen molar-refractivity contribution < 1.29 is 9.53 Å². The number of nitrogens with one attached hydrogen (secondary N) is 3. The summed E-state index contributed by atoms with van der Waals surface area (Å²) in [5, 5.41) is 14.1. The Labute approximate surface area is 237 Å². The van der Waals surface area contributed by atoms with Gasteiger partial charge in [-0.05, 0) is 81.7 Å². The van der Waals surface area contributed by atoms with Crippen LogP contribution in [-0.2, 0) is 4.74 Å². The van der Waals surface area contributed by atoms with Gasteiger partial charge < -0.3 is 37.1 Å². The van der Waals surface area contributed by atoms with E-state index in [0.29, 0.717) is 24.1 Å². The number of aliphatic imine (C=N–C) groups is 2. The fourth-order valence-corrected chi connectivity index (χ4v) is 4.40. The molecule has 0 saturated carbocycles. The quantitative estimate of drug-likeness (QED) is 0.215. The first-order valence-corrected chi connectivity index (χ1v) is 13.8. The van der Waals surface area contributed by atoms with Gasteiger partial charge in [-0.1, -0.05) is 13.8 Å². The summed E-state index contributed by atoms with van der Waals surface area (Å²) < 4.78 is 5.49. The molecule has 0 aromatic carbocycles. The Morgan fingerprint density at radius 1 is 1.25 bits per heavy atom. The van der Waals surface area contributed by atoms with Crippen LogP contribution in [0, 0.1) is 17.2 Å². The molecule has 0 unspecified atom stereocenters. The van der Waals surface area contributed by atoms with E-state index < -0.39 is 5.60 Å². The van der Waals surface area contributed by atoms with Gasteiger partial charge in [0.1, 0.15) is 17.3 Å². The number of nitrogens with zero attached hydrogens (tertiary/aromatic N) is 3. The smallest absolute Gasteiger partial charge is 0.410 e. The van der Waals surface area contributed by atoms with Crippen molar-refractivity contribution in [2.75, 3.05) is 19.6 Å². The van der Waals surface area contributed by atoms with Gasteiger partial charge in [0.05, 0.1) is 11.4 Å². The summed E-state index contributed by atoms with van der Waals surface area (Å²) in [6.07, 6.45) is 16.7. The van der Waals surface area contributed by atoms with Gasteiger partial charge in [0.15, 0.2) is 0 Å². The van der Waals surface area contributed by atoms with E-state index >= 15 is 0 Å². The van der Waals surface area contributed by atoms with Gasteiger partial charge in [-0.15, -0.1) is 0 Å². The molecule has 0 aromatic heterocycles. The molecule has 1 fully saturated rings. The van der Waals surface area contributed by atoms with Crippen LogP contribution in [0.5, 0.6) is 0 Å². The van der Waals surface area contributed by atoms with Crippen molar-refractivity contribution >= 4 is 24.4 Å². The van der Waals surface area contributed by atoms with E-state index in [1.165, 1.54) is 6.21 Å². The molecule has 3 aliphatic rings. The summed E-state index contributed by atoms with van der Waals surface area (Å²) in [6.45, 7) is 11.8. The predicted octanol–water partition coefficient (Wildman–Crippen LogP) is 4.23. The number of fused-ring (bicyclic) bond motifs is 1. The third-order valence-corrected chi connectivity index (χ3v) is 6.72. The molecule has 0 bridgehead atoms. The average Bonchev–Trinajstić information content (AvgIpc) is 2.90. The Kier molecular flexibility index (Phi) is 10.5. The number of piperidine rings is 1. The normalized spacial score (nSPS) is 19.2. The van der Waals surface area contributed by atoms with Crippen LogP contribution in [0.4, 0.5) is 4.79 Å². The Hall–Kier alpha value is -4.08. The molecule has 1 saturated heterocycles. The highest BCUT2D eigenvalue weighted by molar-refractivity contribution is 5.97. The Balaban J connectivity index is 1.52. The Bertz CT molecular complexity index is 1200. The number of dihydropyridines is 2. The fraction of sp³-hybridized carbons (Fsp3) is 0.467. The zero-order valence-electron chi connectivity index (χ0n) is 24.3. The lowest BCUT2D eigenvalue weighted by atomic mass is 9.94. The van der Waals surface area contributed by atoms with Gasteiger partial charge in [0, 0.05) is 55.6 Å². The van der Waals surface area contributed by atoms with Gasteiger partial charge in [0.25, 0.3) is 0 Å². The topological polar surface area (TPSA) is 154 Å². The van der Waals surface area contributed by atoms with Crippen molar-refractivity contribution in [3.05, 3.63) is 70.6 Å². The zero-order valence-corrected chi connectivity index (χ0v) is 24.3. The minimum Gasteiger partial charge on any atom is -0.444 e. The van der Waals surface area contributed by atoms with Crippen LogP contribution in [0.1, 0.15) is 53.9 Å². The van der Waals surface area contributed by atoms with Crippen molar-refractivity contribution in [3.8, 4) is 0 Å². The maximum absolute atomic E-state index is 12.3. The number of amides is 1. The highest BCUT2D eigenvalue weighted by Crippen LogP contribution is 2.24. The molecule has 3 heterocycles. The van der Waals surface area contributed by atoms with Crippen molar-refractivity contribution in [2.24, 2.45) is 33.3 Å². The minimum absolute atomic E-state index is 0.185. The standard InChI is InChI=1S/C30H44N8O2/c1-20(2)22(16-31)15-27(33)37-28-7-6-25-26(36-28)14-23(19-35-25)24(17-32)18-34-11-8-21-9-12-38(13-10-21)29(39)40-30(3,4)5/h6-7,14-21,31,35-36H,8-13,32H2,1-5H3,(H2,33,37). The molecule has 3 aliphatic heterocycles. The second-order valence-electron chi connectivity index (χ2n) is 11.4. The molecule has 10 nitrogen and oxygen atoms in total. The predicted molar refractivity (Wildman–Crippen MR) is 163 cm³/mol. The monoisotopic (exact) mass is 548 g/mol. The number of likely N-dealkylation sites (tertiary alicyclic amines) is 1. The van der Waals surface area contributed by atoms with Gasteiger partial charge in [-0.3, -0.25) is 4.99 Å². The van der Waals surface area contributed by atoms with E-state index in [0.717, 1.165) is 60.5 Å². The van der Waals surface area contributed by atoms with Gasteiger partial charge in [-0.2, -0.15) is 0 Å². The lowest BCUT2D eigenvalue weighted by Gasteiger charge is -2.33. The zero-order chi connectivity index (χ0) is 29.3. The number of carbonyl (C=O) groups excluding carboxylic acids is 1. The van der Waals surface area contributed by atoms with Crippen LogP contribution in [0.3, 0.4) is 0 Å². The van der Waals surface area contributed by atoms with Crippen molar-refractivity contribution in [1.29, 1.82) is 5.41 Å². The number of hydrogen-bond donors (Lipinski definition) is 5. The van der Waals surface area contributed by atoms with Gasteiger partial charge >= 0.3 is 6.09 Å². The maximum atomic E-state index is 12.3. The van der Waals surface area contributed by atoms with Gasteiger partial charge in [0.2, 0.25) is 0 Å². The van der Waals surface area contributed by atoms with E-state index in [2.05, 4.69) is 20.6 Å². The van der Waals surface area contributed by atoms with Crippen LogP contribution in [-0.4, -0.2) is 54.5 Å². The summed E-state index contributed by atoms with van der Waals surface area (Å²) in [5.74, 6) is 1.64. The van der Waals surface area contributed by atoms with Crippen molar-refractivity contribution in [3.63, 3.8) is 0 Å². The molecule has 1 amide bonds. The average molecular weight is 549 g/mol. The highest BCUT2D eigenvalue weighted by atomic mass is 16.6. The lowest BCUT2D eigenvalue weighted by molar-refractivity contribution is 0.0182. The molecule has 0 atom stereocenters. The lowest BCUT2D eigenvalue weighted by Crippen LogP contribution is -2.41. The van der Waals surface area contributed by atoms with E-state index in [1.54, 1.807) is 23.4 Å². The van der Waals surface area contributed by atoms with Crippen molar-refractivity contribution in [2.45, 2.75) is 59.5 Å². The fourth-order valence-electron chi connectivity index (χ4n) is 4.40. The van der Waals surface area contributed by atoms with E-state index in [4.69, 9.17) is 21.6 Å². The molecule has 216 valence electrons. The molecule has 0 aromatic rings. The van der Waals surface area contributed by atoms with Crippen LogP contribution in [0.25, 0.3) is 0 Å². The summed E-state index contributed by atoms with van der Waals surface area (Å²) in [6, 6.07) is 0. The largest absolute Gasteiger partial charge is 0.444 e. The molecular weight excluding hydrogens is 504 g/mol. The third kappa shape index (κ3) is 9.00. The number of ether oxygens (including phenoxy) is 1. The first kappa shape index (κ1) is 30.5. The van der Waals surface area contributed by atoms with Crippen LogP contribution in [0.2, 0.25) is 0 Å². The summed E-state index contributed by atoms with van der Waals surface area (Å²) in [4.78, 5) is 23.2. The molecule has 0 aliphatic carbocycles. The molecule has 10 heteroatoms. The first-order valence-electron chi connectivity index (χ1n) is 13.8. The summed E-state index contributed by atoms with van der Waals surface area (Å²) in [5.41, 5.74) is 15.8. The van der Waals surface area contributed by atoms with E-state index in [1.807, 2.05) is 59.0 Å². The highest BCUT2D eigenvalue weighted by Gasteiger charge is 2.26. The first-order chi connectivity index (χ1) is 19.0. The van der Waals surface area contributed by atoms with Crippen LogP contribution >= 0.6 is 0 Å². The summed E-state index contributed by atoms with van der Waals surface area (Å²) >= 11 is 0. The number of nitrogens with two attached hydrogens (primary N) is 2. The number of hydrogen-bond acceptors (Lipinski definition) is 8. The molecule has 40 heavy (non-hydrogen) atoms. The van der Waals surface area contributed by atoms with E-state index in [-0.39, 0.29) is 12.0 Å². The number of amidine groups is 1. The minimum atomic E-state index is -0.473. The number of carbonyl (C=O) groups is 1.